The predicted octanol–water partition coefficient (Wildman–Crippen LogP) is 5.00. The Morgan fingerprint density at radius 3 is 2.95 bits per heavy atom. The fourth-order valence-electron chi connectivity index (χ4n) is 3.45. The molecule has 1 aliphatic heterocycles. The zero-order valence-corrected chi connectivity index (χ0v) is 14.2. The van der Waals surface area contributed by atoms with E-state index in [-0.39, 0.29) is 0 Å². The summed E-state index contributed by atoms with van der Waals surface area (Å²) in [6.07, 6.45) is 4.79. The maximum Gasteiger partial charge on any atom is 0.124 e. The molecule has 0 saturated heterocycles. The smallest absolute Gasteiger partial charge is 0.124 e. The van der Waals surface area contributed by atoms with Gasteiger partial charge in [-0.2, -0.15) is 0 Å². The lowest BCUT2D eigenvalue weighted by Gasteiger charge is -2.32. The minimum atomic E-state index is 0.407. The van der Waals surface area contributed by atoms with E-state index in [9.17, 15) is 0 Å². The van der Waals surface area contributed by atoms with Crippen LogP contribution in [0.25, 0.3) is 0 Å². The summed E-state index contributed by atoms with van der Waals surface area (Å²) in [5.41, 5.74) is 2.81. The van der Waals surface area contributed by atoms with Gasteiger partial charge in [-0.1, -0.05) is 18.2 Å². The predicted molar refractivity (Wildman–Crippen MR) is 90.1 cm³/mol. The van der Waals surface area contributed by atoms with Crippen LogP contribution in [0.2, 0.25) is 0 Å². The highest BCUT2D eigenvalue weighted by molar-refractivity contribution is 9.11. The number of rotatable bonds is 2. The second-order valence-electron chi connectivity index (χ2n) is 5.77. The van der Waals surface area contributed by atoms with Crippen molar-refractivity contribution in [3.63, 3.8) is 0 Å². The van der Waals surface area contributed by atoms with Crippen LogP contribution in [0.15, 0.2) is 34.1 Å². The first-order valence-corrected chi connectivity index (χ1v) is 9.18. The number of halogens is 1. The van der Waals surface area contributed by atoms with Crippen molar-refractivity contribution in [2.24, 2.45) is 0 Å². The molecule has 110 valence electrons. The van der Waals surface area contributed by atoms with Crippen molar-refractivity contribution in [3.8, 4) is 5.75 Å². The average Bonchev–Trinajstić information content (AvgIpc) is 2.89. The first-order chi connectivity index (χ1) is 10.3. The number of thiophene rings is 1. The SMILES string of the molecule is Brc1cc2c(s1)CCCC2NC1CCOc2ccccc21. The Balaban J connectivity index is 1.60. The van der Waals surface area contributed by atoms with Crippen molar-refractivity contribution >= 4 is 27.3 Å². The third-order valence-corrected chi connectivity index (χ3v) is 6.16. The normalized spacial score (nSPS) is 24.0. The second-order valence-corrected chi connectivity index (χ2v) is 8.28. The maximum absolute atomic E-state index is 5.77. The molecule has 1 aliphatic carbocycles. The van der Waals surface area contributed by atoms with Gasteiger partial charge < -0.3 is 10.1 Å². The second kappa shape index (κ2) is 5.75. The van der Waals surface area contributed by atoms with E-state index in [1.54, 1.807) is 4.88 Å². The molecule has 0 spiro atoms. The molecular formula is C17H18BrNOS. The summed E-state index contributed by atoms with van der Waals surface area (Å²) in [6, 6.07) is 11.6. The maximum atomic E-state index is 5.77. The van der Waals surface area contributed by atoms with E-state index in [4.69, 9.17) is 4.74 Å². The minimum Gasteiger partial charge on any atom is -0.493 e. The zero-order chi connectivity index (χ0) is 14.2. The van der Waals surface area contributed by atoms with Crippen LogP contribution in [0, 0.1) is 0 Å². The van der Waals surface area contributed by atoms with Crippen LogP contribution in [0.4, 0.5) is 0 Å². The highest BCUT2D eigenvalue weighted by Crippen LogP contribution is 2.40. The van der Waals surface area contributed by atoms with E-state index >= 15 is 0 Å². The lowest BCUT2D eigenvalue weighted by Crippen LogP contribution is -2.31. The summed E-state index contributed by atoms with van der Waals surface area (Å²) in [5.74, 6) is 1.05. The molecule has 0 fully saturated rings. The Hall–Kier alpha value is -0.840. The molecule has 0 bridgehead atoms. The standard InChI is InChI=1S/C17H18BrNOS/c18-17-10-12-13(5-3-7-16(12)21-17)19-14-8-9-20-15-6-2-1-4-11(14)15/h1-2,4,6,10,13-14,19H,3,5,7-9H2. The molecule has 4 rings (SSSR count). The number of aryl methyl sites for hydroxylation is 1. The fraction of sp³-hybridized carbons (Fsp3) is 0.412. The van der Waals surface area contributed by atoms with Gasteiger partial charge in [0.2, 0.25) is 0 Å². The Morgan fingerprint density at radius 2 is 2.00 bits per heavy atom. The molecule has 1 aromatic carbocycles. The number of hydrogen-bond acceptors (Lipinski definition) is 3. The van der Waals surface area contributed by atoms with Gasteiger partial charge in [0, 0.05) is 28.9 Å². The Bertz CT molecular complexity index is 654. The van der Waals surface area contributed by atoms with E-state index in [1.807, 2.05) is 11.3 Å². The molecule has 2 unspecified atom stereocenters. The summed E-state index contributed by atoms with van der Waals surface area (Å²) < 4.78 is 7.03. The number of benzene rings is 1. The Morgan fingerprint density at radius 1 is 1.14 bits per heavy atom. The highest BCUT2D eigenvalue weighted by atomic mass is 79.9. The highest BCUT2D eigenvalue weighted by Gasteiger charge is 2.28. The zero-order valence-electron chi connectivity index (χ0n) is 11.8. The van der Waals surface area contributed by atoms with Gasteiger partial charge in [-0.25, -0.2) is 0 Å². The minimum absolute atomic E-state index is 0.407. The molecule has 2 nitrogen and oxygen atoms in total. The summed E-state index contributed by atoms with van der Waals surface area (Å²) in [5, 5.41) is 3.89. The molecule has 1 N–H and O–H groups in total. The van der Waals surface area contributed by atoms with Gasteiger partial charge in [-0.05, 0) is 52.9 Å². The van der Waals surface area contributed by atoms with E-state index in [2.05, 4.69) is 51.6 Å². The van der Waals surface area contributed by atoms with Crippen LogP contribution in [0.3, 0.4) is 0 Å². The Kier molecular flexibility index (Phi) is 3.78. The molecule has 0 radical (unpaired) electrons. The van der Waals surface area contributed by atoms with Crippen molar-refractivity contribution in [1.29, 1.82) is 0 Å². The summed E-state index contributed by atoms with van der Waals surface area (Å²) >= 11 is 5.54. The van der Waals surface area contributed by atoms with Gasteiger partial charge in [0.15, 0.2) is 0 Å². The molecule has 21 heavy (non-hydrogen) atoms. The van der Waals surface area contributed by atoms with Crippen LogP contribution in [0.5, 0.6) is 5.75 Å². The molecule has 2 aliphatic rings. The first kappa shape index (κ1) is 13.8. The van der Waals surface area contributed by atoms with E-state index < -0.39 is 0 Å². The van der Waals surface area contributed by atoms with Crippen LogP contribution in [-0.2, 0) is 6.42 Å². The average molecular weight is 364 g/mol. The monoisotopic (exact) mass is 363 g/mol. The summed E-state index contributed by atoms with van der Waals surface area (Å²) in [6.45, 7) is 0.807. The summed E-state index contributed by atoms with van der Waals surface area (Å²) in [7, 11) is 0. The number of hydrogen-bond donors (Lipinski definition) is 1. The number of nitrogens with one attached hydrogen (secondary N) is 1. The topological polar surface area (TPSA) is 21.3 Å². The van der Waals surface area contributed by atoms with Crippen molar-refractivity contribution in [2.75, 3.05) is 6.61 Å². The van der Waals surface area contributed by atoms with Gasteiger partial charge in [-0.15, -0.1) is 11.3 Å². The molecule has 2 aromatic rings. The van der Waals surface area contributed by atoms with Gasteiger partial charge >= 0.3 is 0 Å². The third-order valence-electron chi connectivity index (χ3n) is 4.44. The number of fused-ring (bicyclic) bond motifs is 2. The molecule has 1 aromatic heterocycles. The quantitative estimate of drug-likeness (QED) is 0.810. The van der Waals surface area contributed by atoms with Gasteiger partial charge in [0.25, 0.3) is 0 Å². The molecular weight excluding hydrogens is 346 g/mol. The first-order valence-electron chi connectivity index (χ1n) is 7.57. The van der Waals surface area contributed by atoms with E-state index in [0.717, 1.165) is 18.8 Å². The largest absolute Gasteiger partial charge is 0.493 e. The molecule has 2 atom stereocenters. The van der Waals surface area contributed by atoms with Crippen LogP contribution < -0.4 is 10.1 Å². The number of para-hydroxylation sites is 1. The van der Waals surface area contributed by atoms with Crippen LogP contribution in [0.1, 0.15) is 47.4 Å². The van der Waals surface area contributed by atoms with E-state index in [1.165, 1.54) is 34.2 Å². The van der Waals surface area contributed by atoms with Crippen molar-refractivity contribution in [2.45, 2.75) is 37.8 Å². The van der Waals surface area contributed by atoms with Crippen molar-refractivity contribution < 1.29 is 4.74 Å². The number of ether oxygens (including phenoxy) is 1. The molecule has 0 saturated carbocycles. The molecule has 4 heteroatoms. The van der Waals surface area contributed by atoms with Crippen molar-refractivity contribution in [1.82, 2.24) is 5.32 Å². The van der Waals surface area contributed by atoms with Gasteiger partial charge in [0.05, 0.1) is 10.4 Å². The van der Waals surface area contributed by atoms with Crippen LogP contribution in [-0.4, -0.2) is 6.61 Å². The fourth-order valence-corrected chi connectivity index (χ4v) is 5.27. The summed E-state index contributed by atoms with van der Waals surface area (Å²) in [4.78, 5) is 1.55. The third kappa shape index (κ3) is 2.65. The van der Waals surface area contributed by atoms with Gasteiger partial charge in [-0.3, -0.25) is 0 Å². The Labute approximate surface area is 137 Å². The van der Waals surface area contributed by atoms with Gasteiger partial charge in [0.1, 0.15) is 5.75 Å². The lowest BCUT2D eigenvalue weighted by molar-refractivity contribution is 0.240. The van der Waals surface area contributed by atoms with Crippen LogP contribution >= 0.6 is 27.3 Å². The lowest BCUT2D eigenvalue weighted by atomic mass is 9.91. The van der Waals surface area contributed by atoms with E-state index in [0.29, 0.717) is 12.1 Å². The molecule has 0 amide bonds. The van der Waals surface area contributed by atoms with Crippen molar-refractivity contribution in [3.05, 3.63) is 50.1 Å². The molecule has 2 heterocycles.